The average molecular weight is 384 g/mol. The summed E-state index contributed by atoms with van der Waals surface area (Å²) in [4.78, 5) is 12.0. The lowest BCUT2D eigenvalue weighted by Gasteiger charge is -2.12. The molecular formula is C16H18BrNO5. The van der Waals surface area contributed by atoms with Gasteiger partial charge in [-0.3, -0.25) is 0 Å². The number of esters is 1. The number of methoxy groups -OCH3 is 1. The van der Waals surface area contributed by atoms with E-state index >= 15 is 0 Å². The summed E-state index contributed by atoms with van der Waals surface area (Å²) in [6, 6.07) is 4.92. The molecule has 0 aliphatic heterocycles. The monoisotopic (exact) mass is 383 g/mol. The molecule has 1 atom stereocenters. The third kappa shape index (κ3) is 5.58. The SMILES string of the molecule is CCOc1cc(C=C(C#N)C(=O)OC(C)COC)cc(Br)c1O. The number of carbonyl (C=O) groups is 1. The van der Waals surface area contributed by atoms with Gasteiger partial charge in [0.15, 0.2) is 11.5 Å². The topological polar surface area (TPSA) is 88.8 Å². The highest BCUT2D eigenvalue weighted by Gasteiger charge is 2.16. The van der Waals surface area contributed by atoms with Gasteiger partial charge in [-0.05, 0) is 53.5 Å². The average Bonchev–Trinajstić information content (AvgIpc) is 2.49. The highest BCUT2D eigenvalue weighted by Crippen LogP contribution is 2.36. The quantitative estimate of drug-likeness (QED) is 0.442. The fraction of sp³-hybridized carbons (Fsp3) is 0.375. The molecule has 1 aromatic carbocycles. The molecule has 7 heteroatoms. The Morgan fingerprint density at radius 2 is 2.22 bits per heavy atom. The molecule has 1 unspecified atom stereocenters. The van der Waals surface area contributed by atoms with Crippen molar-refractivity contribution < 1.29 is 24.1 Å². The number of benzene rings is 1. The van der Waals surface area contributed by atoms with Crippen molar-refractivity contribution in [3.05, 3.63) is 27.7 Å². The van der Waals surface area contributed by atoms with Gasteiger partial charge in [0.1, 0.15) is 17.7 Å². The van der Waals surface area contributed by atoms with Gasteiger partial charge in [-0.15, -0.1) is 0 Å². The number of carbonyl (C=O) groups excluding carboxylic acids is 1. The molecule has 6 nitrogen and oxygen atoms in total. The molecule has 1 N–H and O–H groups in total. The van der Waals surface area contributed by atoms with E-state index in [1.54, 1.807) is 19.9 Å². The molecule has 0 saturated carbocycles. The summed E-state index contributed by atoms with van der Waals surface area (Å²) in [7, 11) is 1.49. The van der Waals surface area contributed by atoms with Crippen LogP contribution >= 0.6 is 15.9 Å². The molecule has 0 spiro atoms. The van der Waals surface area contributed by atoms with Crippen LogP contribution in [0.25, 0.3) is 6.08 Å². The summed E-state index contributed by atoms with van der Waals surface area (Å²) in [5.41, 5.74) is 0.360. The highest BCUT2D eigenvalue weighted by molar-refractivity contribution is 9.10. The summed E-state index contributed by atoms with van der Waals surface area (Å²) < 4.78 is 15.7. The van der Waals surface area contributed by atoms with E-state index in [0.717, 1.165) is 0 Å². The minimum absolute atomic E-state index is 0.0428. The Labute approximate surface area is 143 Å². The van der Waals surface area contributed by atoms with Crippen molar-refractivity contribution in [2.24, 2.45) is 0 Å². The Hall–Kier alpha value is -2.04. The summed E-state index contributed by atoms with van der Waals surface area (Å²) >= 11 is 3.20. The molecule has 0 aromatic heterocycles. The first kappa shape index (κ1) is 19.0. The van der Waals surface area contributed by atoms with Crippen LogP contribution in [0.2, 0.25) is 0 Å². The third-order valence-corrected chi connectivity index (χ3v) is 3.32. The summed E-state index contributed by atoms with van der Waals surface area (Å²) in [6.45, 7) is 4.06. The molecule has 1 rings (SSSR count). The molecule has 0 aliphatic carbocycles. The maximum absolute atomic E-state index is 12.0. The number of rotatable bonds is 7. The summed E-state index contributed by atoms with van der Waals surface area (Å²) in [6.07, 6.45) is 0.906. The van der Waals surface area contributed by atoms with Gasteiger partial charge in [0.25, 0.3) is 0 Å². The van der Waals surface area contributed by atoms with E-state index in [9.17, 15) is 9.90 Å². The molecule has 0 fully saturated rings. The number of nitrogens with zero attached hydrogens (tertiary/aromatic N) is 1. The van der Waals surface area contributed by atoms with Gasteiger partial charge in [0.05, 0.1) is 17.7 Å². The first-order valence-electron chi connectivity index (χ1n) is 6.89. The summed E-state index contributed by atoms with van der Waals surface area (Å²) in [5, 5.41) is 19.0. The van der Waals surface area contributed by atoms with Crippen molar-refractivity contribution in [1.29, 1.82) is 5.26 Å². The van der Waals surface area contributed by atoms with E-state index in [1.807, 2.05) is 6.07 Å². The number of hydrogen-bond acceptors (Lipinski definition) is 6. The van der Waals surface area contributed by atoms with Crippen molar-refractivity contribution in [3.63, 3.8) is 0 Å². The van der Waals surface area contributed by atoms with Gasteiger partial charge >= 0.3 is 5.97 Å². The zero-order valence-corrected chi connectivity index (χ0v) is 14.7. The minimum atomic E-state index is -0.737. The first-order chi connectivity index (χ1) is 10.9. The Morgan fingerprint density at radius 1 is 1.52 bits per heavy atom. The van der Waals surface area contributed by atoms with Crippen LogP contribution in [0.5, 0.6) is 11.5 Å². The van der Waals surface area contributed by atoms with E-state index in [2.05, 4.69) is 15.9 Å². The van der Waals surface area contributed by atoms with E-state index in [4.69, 9.17) is 19.5 Å². The Balaban J connectivity index is 3.07. The predicted octanol–water partition coefficient (Wildman–Crippen LogP) is 3.04. The fourth-order valence-corrected chi connectivity index (χ4v) is 2.22. The molecule has 0 amide bonds. The standard InChI is InChI=1S/C16H18BrNO5/c1-4-22-14-7-11(6-13(17)15(14)19)5-12(8-18)16(20)23-10(2)9-21-3/h5-7,10,19H,4,9H2,1-3H3. The Bertz CT molecular complexity index is 636. The van der Waals surface area contributed by atoms with Gasteiger partial charge < -0.3 is 19.3 Å². The molecule has 0 bridgehead atoms. The maximum Gasteiger partial charge on any atom is 0.349 e. The molecule has 124 valence electrons. The van der Waals surface area contributed by atoms with Crippen molar-refractivity contribution in [3.8, 4) is 17.6 Å². The number of ether oxygens (including phenoxy) is 3. The zero-order chi connectivity index (χ0) is 17.4. The van der Waals surface area contributed by atoms with E-state index in [1.165, 1.54) is 19.3 Å². The molecule has 0 heterocycles. The second-order valence-corrected chi connectivity index (χ2v) is 5.48. The molecule has 1 aromatic rings. The van der Waals surface area contributed by atoms with Crippen LogP contribution in [0.3, 0.4) is 0 Å². The van der Waals surface area contributed by atoms with Crippen LogP contribution in [0.4, 0.5) is 0 Å². The van der Waals surface area contributed by atoms with Gasteiger partial charge in [0, 0.05) is 7.11 Å². The lowest BCUT2D eigenvalue weighted by molar-refractivity contribution is -0.145. The predicted molar refractivity (Wildman–Crippen MR) is 88.0 cm³/mol. The number of halogens is 1. The van der Waals surface area contributed by atoms with Crippen LogP contribution in [-0.4, -0.2) is 37.5 Å². The van der Waals surface area contributed by atoms with Gasteiger partial charge in [-0.25, -0.2) is 4.79 Å². The normalized spacial score (nSPS) is 12.4. The van der Waals surface area contributed by atoms with Crippen molar-refractivity contribution in [2.45, 2.75) is 20.0 Å². The van der Waals surface area contributed by atoms with Gasteiger partial charge in [-0.1, -0.05) is 0 Å². The third-order valence-electron chi connectivity index (χ3n) is 2.71. The first-order valence-corrected chi connectivity index (χ1v) is 7.69. The zero-order valence-electron chi connectivity index (χ0n) is 13.1. The lowest BCUT2D eigenvalue weighted by atomic mass is 10.1. The Kier molecular flexibility index (Phi) is 7.59. The van der Waals surface area contributed by atoms with Gasteiger partial charge in [-0.2, -0.15) is 5.26 Å². The fourth-order valence-electron chi connectivity index (χ4n) is 1.76. The second kappa shape index (κ2) is 9.18. The molecule has 0 radical (unpaired) electrons. The number of phenolic OH excluding ortho intramolecular Hbond substituents is 1. The van der Waals surface area contributed by atoms with Crippen LogP contribution in [0.1, 0.15) is 19.4 Å². The van der Waals surface area contributed by atoms with Crippen molar-refractivity contribution in [2.75, 3.05) is 20.3 Å². The van der Waals surface area contributed by atoms with E-state index in [-0.39, 0.29) is 23.7 Å². The van der Waals surface area contributed by atoms with Crippen LogP contribution in [0.15, 0.2) is 22.2 Å². The van der Waals surface area contributed by atoms with Crippen molar-refractivity contribution >= 4 is 28.0 Å². The smallest absolute Gasteiger partial charge is 0.349 e. The highest BCUT2D eigenvalue weighted by atomic mass is 79.9. The number of nitriles is 1. The number of hydrogen-bond donors (Lipinski definition) is 1. The van der Waals surface area contributed by atoms with Crippen LogP contribution in [-0.2, 0) is 14.3 Å². The molecule has 0 saturated heterocycles. The summed E-state index contributed by atoms with van der Waals surface area (Å²) in [5.74, 6) is -0.524. The number of aromatic hydroxyl groups is 1. The Morgan fingerprint density at radius 3 is 2.78 bits per heavy atom. The largest absolute Gasteiger partial charge is 0.503 e. The lowest BCUT2D eigenvalue weighted by Crippen LogP contribution is -2.20. The van der Waals surface area contributed by atoms with E-state index < -0.39 is 12.1 Å². The molecular weight excluding hydrogens is 366 g/mol. The van der Waals surface area contributed by atoms with Crippen LogP contribution in [0, 0.1) is 11.3 Å². The molecule has 23 heavy (non-hydrogen) atoms. The maximum atomic E-state index is 12.0. The van der Waals surface area contributed by atoms with Gasteiger partial charge in [0.2, 0.25) is 0 Å². The minimum Gasteiger partial charge on any atom is -0.503 e. The van der Waals surface area contributed by atoms with Crippen molar-refractivity contribution in [1.82, 2.24) is 0 Å². The molecule has 0 aliphatic rings. The van der Waals surface area contributed by atoms with E-state index in [0.29, 0.717) is 16.6 Å². The second-order valence-electron chi connectivity index (χ2n) is 4.62. The number of phenols is 1. The van der Waals surface area contributed by atoms with Crippen LogP contribution < -0.4 is 4.74 Å².